The van der Waals surface area contributed by atoms with Gasteiger partial charge in [0.05, 0.1) is 42.3 Å². The van der Waals surface area contributed by atoms with Gasteiger partial charge in [0.1, 0.15) is 11.3 Å². The van der Waals surface area contributed by atoms with E-state index in [4.69, 9.17) is 15.5 Å². The van der Waals surface area contributed by atoms with E-state index in [2.05, 4.69) is 48.6 Å². The summed E-state index contributed by atoms with van der Waals surface area (Å²) in [5.41, 5.74) is 13.2. The number of nitrogens with two attached hydrogens (primary N) is 1. The first kappa shape index (κ1) is 32.2. The summed E-state index contributed by atoms with van der Waals surface area (Å²) in [6.07, 6.45) is 9.92. The van der Waals surface area contributed by atoms with Crippen LogP contribution in [-0.2, 0) is 18.4 Å². The lowest BCUT2D eigenvalue weighted by Gasteiger charge is -2.32. The number of nitrogens with one attached hydrogen (secondary N) is 1. The number of pyridine rings is 1. The second kappa shape index (κ2) is 12.8. The zero-order chi connectivity index (χ0) is 34.8. The Hall–Kier alpha value is -4.74. The Morgan fingerprint density at radius 2 is 1.84 bits per heavy atom. The van der Waals surface area contributed by atoms with E-state index in [1.807, 2.05) is 36.2 Å². The predicted octanol–water partition coefficient (Wildman–Crippen LogP) is 5.39. The predicted molar refractivity (Wildman–Crippen MR) is 198 cm³/mol. The lowest BCUT2D eigenvalue weighted by atomic mass is 9.88. The number of carbonyl (C=O) groups excluding carboxylic acids is 2. The van der Waals surface area contributed by atoms with E-state index in [9.17, 15) is 9.59 Å². The van der Waals surface area contributed by atoms with Gasteiger partial charge in [0.25, 0.3) is 5.91 Å². The van der Waals surface area contributed by atoms with Crippen molar-refractivity contribution >= 4 is 39.4 Å². The van der Waals surface area contributed by atoms with Crippen LogP contribution in [0.5, 0.6) is 5.75 Å². The van der Waals surface area contributed by atoms with E-state index in [-0.39, 0.29) is 23.9 Å². The molecule has 2 aliphatic heterocycles. The van der Waals surface area contributed by atoms with Crippen LogP contribution in [0, 0.1) is 11.8 Å². The number of benzene rings is 2. The molecule has 5 heterocycles. The first-order chi connectivity index (χ1) is 24.9. The van der Waals surface area contributed by atoms with Crippen molar-refractivity contribution in [3.05, 3.63) is 72.1 Å². The molecule has 0 radical (unpaired) electrons. The average molecular weight is 687 g/mol. The Bertz CT molecular complexity index is 2130. The SMILES string of the molecule is COc1cc(C(=O)N2C[C@H]3CC[C@@H]2[C@@H]3N)cc2nc(-c3cc4cccc(C5CCN(CC(=O)Nc6cccnc6)CC5)c4n3CC3CC3)n(C)c12. The number of imidazole rings is 1. The number of anilines is 1. The molecule has 264 valence electrons. The molecule has 3 N–H and O–H groups in total. The van der Waals surface area contributed by atoms with Gasteiger partial charge in [-0.15, -0.1) is 0 Å². The first-order valence-corrected chi connectivity index (χ1v) is 18.5. The highest BCUT2D eigenvalue weighted by molar-refractivity contribution is 6.01. The van der Waals surface area contributed by atoms with Crippen molar-refractivity contribution in [2.45, 2.75) is 63.1 Å². The molecule has 11 nitrogen and oxygen atoms in total. The summed E-state index contributed by atoms with van der Waals surface area (Å²) in [6.45, 7) is 3.79. The van der Waals surface area contributed by atoms with Gasteiger partial charge in [-0.1, -0.05) is 18.2 Å². The molecule has 2 amide bonds. The van der Waals surface area contributed by atoms with Gasteiger partial charge in [-0.2, -0.15) is 0 Å². The number of fused-ring (bicyclic) bond motifs is 4. The minimum Gasteiger partial charge on any atom is -0.494 e. The zero-order valence-electron chi connectivity index (χ0n) is 29.4. The number of carbonyl (C=O) groups is 2. The van der Waals surface area contributed by atoms with Gasteiger partial charge < -0.3 is 29.8 Å². The number of aryl methyl sites for hydroxylation is 1. The van der Waals surface area contributed by atoms with Gasteiger partial charge in [0, 0.05) is 49.4 Å². The quantitative estimate of drug-likeness (QED) is 0.213. The number of nitrogens with zero attached hydrogens (tertiary/aromatic N) is 6. The van der Waals surface area contributed by atoms with Crippen LogP contribution in [0.2, 0.25) is 0 Å². The Labute approximate surface area is 297 Å². The molecule has 2 aromatic carbocycles. The van der Waals surface area contributed by atoms with Gasteiger partial charge in [-0.3, -0.25) is 19.5 Å². The van der Waals surface area contributed by atoms with Gasteiger partial charge in [0.2, 0.25) is 5.91 Å². The van der Waals surface area contributed by atoms with Crippen molar-refractivity contribution in [2.75, 3.05) is 38.6 Å². The number of para-hydroxylation sites is 1. The second-order valence-corrected chi connectivity index (χ2v) is 15.2. The van der Waals surface area contributed by atoms with Crippen LogP contribution in [0.15, 0.2) is 60.9 Å². The van der Waals surface area contributed by atoms with Crippen LogP contribution in [0.4, 0.5) is 5.69 Å². The van der Waals surface area contributed by atoms with Crippen LogP contribution in [-0.4, -0.2) is 86.1 Å². The Balaban J connectivity index is 1.02. The Kier molecular flexibility index (Phi) is 8.07. The van der Waals surface area contributed by atoms with Crippen molar-refractivity contribution in [1.82, 2.24) is 28.9 Å². The molecule has 11 heteroatoms. The van der Waals surface area contributed by atoms with E-state index in [0.29, 0.717) is 35.6 Å². The fraction of sp³-hybridized carbons (Fsp3) is 0.450. The third-order valence-corrected chi connectivity index (χ3v) is 12.0. The summed E-state index contributed by atoms with van der Waals surface area (Å²) in [7, 11) is 3.71. The highest BCUT2D eigenvalue weighted by Crippen LogP contribution is 2.42. The maximum atomic E-state index is 13.8. The lowest BCUT2D eigenvalue weighted by molar-refractivity contribution is -0.117. The fourth-order valence-electron chi connectivity index (χ4n) is 9.13. The molecule has 51 heavy (non-hydrogen) atoms. The number of hydrogen-bond acceptors (Lipinski definition) is 7. The van der Waals surface area contributed by atoms with Crippen molar-refractivity contribution in [3.8, 4) is 17.3 Å². The van der Waals surface area contributed by atoms with Crippen LogP contribution in [0.1, 0.15) is 60.4 Å². The lowest BCUT2D eigenvalue weighted by Crippen LogP contribution is -2.41. The molecular weight excluding hydrogens is 640 g/mol. The third kappa shape index (κ3) is 5.76. The molecule has 4 aliphatic rings. The molecule has 3 atom stereocenters. The Morgan fingerprint density at radius 3 is 2.55 bits per heavy atom. The number of aromatic nitrogens is 4. The summed E-state index contributed by atoms with van der Waals surface area (Å²) in [5, 5.41) is 4.19. The van der Waals surface area contributed by atoms with Gasteiger partial charge in [-0.05, 0) is 105 Å². The molecule has 0 unspecified atom stereocenters. The van der Waals surface area contributed by atoms with Crippen LogP contribution >= 0.6 is 0 Å². The van der Waals surface area contributed by atoms with E-state index in [1.165, 1.54) is 29.3 Å². The zero-order valence-corrected chi connectivity index (χ0v) is 29.4. The smallest absolute Gasteiger partial charge is 0.254 e. The summed E-state index contributed by atoms with van der Waals surface area (Å²) < 4.78 is 10.6. The average Bonchev–Trinajstić information content (AvgIpc) is 3.53. The first-order valence-electron chi connectivity index (χ1n) is 18.5. The molecule has 9 rings (SSSR count). The topological polar surface area (TPSA) is 124 Å². The summed E-state index contributed by atoms with van der Waals surface area (Å²) in [5.74, 6) is 2.97. The Morgan fingerprint density at radius 1 is 1.00 bits per heavy atom. The number of hydrogen-bond donors (Lipinski definition) is 2. The molecule has 3 aromatic heterocycles. The molecule has 4 fully saturated rings. The van der Waals surface area contributed by atoms with Gasteiger partial charge in [-0.25, -0.2) is 4.98 Å². The van der Waals surface area contributed by atoms with Crippen LogP contribution in [0.25, 0.3) is 33.5 Å². The van der Waals surface area contributed by atoms with Gasteiger partial charge in [0.15, 0.2) is 5.82 Å². The molecule has 0 spiro atoms. The van der Waals surface area contributed by atoms with Crippen molar-refractivity contribution in [2.24, 2.45) is 24.6 Å². The number of piperidine rings is 2. The molecule has 2 saturated heterocycles. The van der Waals surface area contributed by atoms with E-state index < -0.39 is 0 Å². The van der Waals surface area contributed by atoms with Crippen molar-refractivity contribution < 1.29 is 14.3 Å². The molecule has 2 saturated carbocycles. The van der Waals surface area contributed by atoms with Gasteiger partial charge >= 0.3 is 0 Å². The monoisotopic (exact) mass is 686 g/mol. The molecular formula is C40H46N8O3. The van der Waals surface area contributed by atoms with E-state index in [0.717, 1.165) is 80.1 Å². The number of likely N-dealkylation sites (tertiary alicyclic amines) is 2. The number of amides is 2. The summed E-state index contributed by atoms with van der Waals surface area (Å²) >= 11 is 0. The van der Waals surface area contributed by atoms with Crippen molar-refractivity contribution in [3.63, 3.8) is 0 Å². The van der Waals surface area contributed by atoms with E-state index in [1.54, 1.807) is 19.5 Å². The number of methoxy groups -OCH3 is 1. The summed E-state index contributed by atoms with van der Waals surface area (Å²) in [4.78, 5) is 40.2. The maximum absolute atomic E-state index is 13.8. The standard InChI is InChI=1S/C40H46N8O3/c1-45-38-31(17-28(19-34(38)51-2)40(50)48-22-27-10-11-32(48)36(27)41)44-39(45)33-18-26-5-3-7-30(37(26)47(33)21-24-8-9-24)25-12-15-46(16-13-25)23-35(49)43-29-6-4-14-42-20-29/h3-7,14,17-20,24-25,27,32,36H,8-13,15-16,21-23,41H2,1-2H3,(H,43,49)/t27-,32-,36-/m1/s1. The largest absolute Gasteiger partial charge is 0.494 e. The van der Waals surface area contributed by atoms with Crippen molar-refractivity contribution in [1.29, 1.82) is 0 Å². The fourth-order valence-corrected chi connectivity index (χ4v) is 9.13. The number of ether oxygens (including phenoxy) is 1. The van der Waals surface area contributed by atoms with Crippen LogP contribution in [0.3, 0.4) is 0 Å². The minimum atomic E-state index is -0.00526. The maximum Gasteiger partial charge on any atom is 0.254 e. The molecule has 2 bridgehead atoms. The normalized spacial score (nSPS) is 22.3. The molecule has 5 aromatic rings. The highest BCUT2D eigenvalue weighted by Gasteiger charge is 2.47. The van der Waals surface area contributed by atoms with E-state index >= 15 is 0 Å². The van der Waals surface area contributed by atoms with Crippen LogP contribution < -0.4 is 15.8 Å². The molecule has 2 aliphatic carbocycles. The summed E-state index contributed by atoms with van der Waals surface area (Å²) in [6, 6.07) is 16.7. The number of rotatable bonds is 9. The highest BCUT2D eigenvalue weighted by atomic mass is 16.5. The third-order valence-electron chi connectivity index (χ3n) is 12.0. The second-order valence-electron chi connectivity index (χ2n) is 15.2. The minimum absolute atomic E-state index is 0.00526.